The molecule has 0 saturated heterocycles. The van der Waals surface area contributed by atoms with E-state index in [1.54, 1.807) is 0 Å². The first-order valence-electron chi connectivity index (χ1n) is 14.5. The van der Waals surface area contributed by atoms with Gasteiger partial charge in [0.2, 0.25) is 0 Å². The Morgan fingerprint density at radius 1 is 0.775 bits per heavy atom. The van der Waals surface area contributed by atoms with Crippen LogP contribution in [0.1, 0.15) is 61.8 Å². The number of ether oxygens (including phenoxy) is 2. The van der Waals surface area contributed by atoms with Crippen LogP contribution in [-0.4, -0.2) is 25.2 Å². The SMILES string of the molecule is COC(=O)c1cc2ccccc2cc1-c1cc2ccccc2cc1C(=O)O[C@H]1[C@H](C)[C@H]2C[C@@H]([C@H]1C(C)C)C2(C)C. The molecule has 0 amide bonds. The number of benzene rings is 4. The van der Waals surface area contributed by atoms with Crippen LogP contribution in [0.5, 0.6) is 0 Å². The van der Waals surface area contributed by atoms with Crippen molar-refractivity contribution < 1.29 is 19.1 Å². The van der Waals surface area contributed by atoms with Crippen molar-refractivity contribution in [2.24, 2.45) is 35.0 Å². The number of hydrogen-bond donors (Lipinski definition) is 0. The van der Waals surface area contributed by atoms with Crippen LogP contribution < -0.4 is 0 Å². The van der Waals surface area contributed by atoms with Crippen molar-refractivity contribution in [3.63, 3.8) is 0 Å². The van der Waals surface area contributed by atoms with E-state index in [2.05, 4.69) is 34.6 Å². The Bertz CT molecular complexity index is 1630. The van der Waals surface area contributed by atoms with Gasteiger partial charge < -0.3 is 9.47 Å². The second-order valence-electron chi connectivity index (χ2n) is 12.8. The third-order valence-electron chi connectivity index (χ3n) is 10.1. The van der Waals surface area contributed by atoms with Crippen LogP contribution in [0.4, 0.5) is 0 Å². The van der Waals surface area contributed by atoms with Gasteiger partial charge in [-0.1, -0.05) is 83.1 Å². The number of methoxy groups -OCH3 is 1. The highest BCUT2D eigenvalue weighted by Gasteiger charge is 2.62. The standard InChI is InChI=1S/C36H38O4/c1-20(2)32-31-19-30(36(31,4)5)21(3)33(32)40-35(38)29-18-25-14-10-8-12-23(25)16-27(29)26-15-22-11-7-9-13-24(22)17-28(26)34(37)39-6/h7-18,20-21,30-33H,19H2,1-6H3/t21-,30-,31+,32-,33+/m1/s1. The summed E-state index contributed by atoms with van der Waals surface area (Å²) >= 11 is 0. The molecule has 3 aliphatic rings. The molecule has 7 rings (SSSR count). The second kappa shape index (κ2) is 9.76. The second-order valence-corrected chi connectivity index (χ2v) is 12.8. The lowest BCUT2D eigenvalue weighted by Crippen LogP contribution is -2.63. The van der Waals surface area contributed by atoms with Gasteiger partial charge in [-0.3, -0.25) is 0 Å². The predicted octanol–water partition coefficient (Wildman–Crippen LogP) is 8.56. The van der Waals surface area contributed by atoms with Crippen LogP contribution >= 0.6 is 0 Å². The summed E-state index contributed by atoms with van der Waals surface area (Å²) in [5.41, 5.74) is 2.53. The van der Waals surface area contributed by atoms with E-state index in [1.807, 2.05) is 72.8 Å². The Hall–Kier alpha value is -3.66. The zero-order valence-electron chi connectivity index (χ0n) is 24.2. The van der Waals surface area contributed by atoms with Crippen molar-refractivity contribution >= 4 is 33.5 Å². The lowest BCUT2D eigenvalue weighted by atomic mass is 9.40. The number of carbonyl (C=O) groups excluding carboxylic acids is 2. The highest BCUT2D eigenvalue weighted by Crippen LogP contribution is 2.65. The van der Waals surface area contributed by atoms with E-state index in [-0.39, 0.29) is 23.4 Å². The van der Waals surface area contributed by atoms with E-state index in [1.165, 1.54) is 13.5 Å². The van der Waals surface area contributed by atoms with Crippen molar-refractivity contribution in [2.75, 3.05) is 7.11 Å². The quantitative estimate of drug-likeness (QED) is 0.241. The molecule has 206 valence electrons. The summed E-state index contributed by atoms with van der Waals surface area (Å²) in [4.78, 5) is 27.3. The highest BCUT2D eigenvalue weighted by molar-refractivity contribution is 6.09. The average molecular weight is 535 g/mol. The van der Waals surface area contributed by atoms with Crippen molar-refractivity contribution in [1.82, 2.24) is 0 Å². The summed E-state index contributed by atoms with van der Waals surface area (Å²) in [7, 11) is 1.39. The van der Waals surface area contributed by atoms with Gasteiger partial charge in [0.25, 0.3) is 0 Å². The van der Waals surface area contributed by atoms with E-state index >= 15 is 0 Å². The first kappa shape index (κ1) is 26.6. The molecule has 4 heteroatoms. The molecular formula is C36H38O4. The molecule has 0 radical (unpaired) electrons. The van der Waals surface area contributed by atoms with Crippen molar-refractivity contribution in [1.29, 1.82) is 0 Å². The summed E-state index contributed by atoms with van der Waals surface area (Å²) in [5.74, 6) is 1.35. The molecule has 0 heterocycles. The molecular weight excluding hydrogens is 496 g/mol. The lowest BCUT2D eigenvalue weighted by Gasteiger charge is -2.65. The molecule has 3 fully saturated rings. The molecule has 0 aromatic heterocycles. The van der Waals surface area contributed by atoms with Gasteiger partial charge in [0.15, 0.2) is 0 Å². The minimum absolute atomic E-state index is 0.139. The van der Waals surface area contributed by atoms with E-state index in [0.717, 1.165) is 21.5 Å². The van der Waals surface area contributed by atoms with Gasteiger partial charge in [-0.25, -0.2) is 9.59 Å². The molecule has 0 unspecified atom stereocenters. The maximum Gasteiger partial charge on any atom is 0.339 e. The molecule has 3 saturated carbocycles. The zero-order chi connectivity index (χ0) is 28.3. The average Bonchev–Trinajstić information content (AvgIpc) is 2.95. The largest absolute Gasteiger partial charge is 0.465 e. The minimum atomic E-state index is -0.434. The third kappa shape index (κ3) is 4.11. The highest BCUT2D eigenvalue weighted by atomic mass is 16.5. The third-order valence-corrected chi connectivity index (χ3v) is 10.1. The first-order chi connectivity index (χ1) is 19.1. The van der Waals surface area contributed by atoms with Crippen LogP contribution in [-0.2, 0) is 9.47 Å². The molecule has 0 aliphatic heterocycles. The van der Waals surface area contributed by atoms with E-state index in [9.17, 15) is 9.59 Å². The van der Waals surface area contributed by atoms with Crippen LogP contribution in [0.15, 0.2) is 72.8 Å². The van der Waals surface area contributed by atoms with Crippen LogP contribution in [0.2, 0.25) is 0 Å². The fraction of sp³-hybridized carbons (Fsp3) is 0.389. The summed E-state index contributed by atoms with van der Waals surface area (Å²) in [6, 6.07) is 23.7. The summed E-state index contributed by atoms with van der Waals surface area (Å²) in [6.45, 7) is 11.5. The van der Waals surface area contributed by atoms with Gasteiger partial charge in [-0.05, 0) is 92.4 Å². The maximum atomic E-state index is 14.2. The Morgan fingerprint density at radius 3 is 1.70 bits per heavy atom. The number of esters is 2. The Kier molecular flexibility index (Phi) is 6.48. The lowest BCUT2D eigenvalue weighted by molar-refractivity contribution is -0.207. The number of hydrogen-bond acceptors (Lipinski definition) is 4. The van der Waals surface area contributed by atoms with Crippen molar-refractivity contribution in [2.45, 2.75) is 47.1 Å². The summed E-state index contributed by atoms with van der Waals surface area (Å²) < 4.78 is 11.7. The van der Waals surface area contributed by atoms with Gasteiger partial charge in [-0.15, -0.1) is 0 Å². The molecule has 3 aliphatic carbocycles. The Balaban J connectivity index is 1.49. The summed E-state index contributed by atoms with van der Waals surface area (Å²) in [5, 5.41) is 3.88. The maximum absolute atomic E-state index is 14.2. The van der Waals surface area contributed by atoms with Gasteiger partial charge >= 0.3 is 11.9 Å². The molecule has 4 aromatic carbocycles. The fourth-order valence-electron chi connectivity index (χ4n) is 7.94. The fourth-order valence-corrected chi connectivity index (χ4v) is 7.94. The van der Waals surface area contributed by atoms with Gasteiger partial charge in [-0.2, -0.15) is 0 Å². The van der Waals surface area contributed by atoms with E-state index < -0.39 is 5.97 Å². The molecule has 0 N–H and O–H groups in total. The van der Waals surface area contributed by atoms with Crippen LogP contribution in [0.25, 0.3) is 32.7 Å². The number of carbonyl (C=O) groups is 2. The Labute approximate surface area is 236 Å². The monoisotopic (exact) mass is 534 g/mol. The van der Waals surface area contributed by atoms with E-state index in [0.29, 0.717) is 45.9 Å². The molecule has 4 aromatic rings. The van der Waals surface area contributed by atoms with Gasteiger partial charge in [0, 0.05) is 5.92 Å². The smallest absolute Gasteiger partial charge is 0.339 e. The molecule has 0 spiro atoms. The van der Waals surface area contributed by atoms with Crippen molar-refractivity contribution in [3.8, 4) is 11.1 Å². The number of fused-ring (bicyclic) bond motifs is 4. The number of rotatable bonds is 5. The van der Waals surface area contributed by atoms with Crippen molar-refractivity contribution in [3.05, 3.63) is 83.9 Å². The van der Waals surface area contributed by atoms with Gasteiger partial charge in [0.1, 0.15) is 6.10 Å². The molecule has 5 atom stereocenters. The first-order valence-corrected chi connectivity index (χ1v) is 14.5. The summed E-state index contributed by atoms with van der Waals surface area (Å²) in [6.07, 6.45) is 1.08. The van der Waals surface area contributed by atoms with Crippen LogP contribution in [0.3, 0.4) is 0 Å². The molecule has 2 bridgehead atoms. The van der Waals surface area contributed by atoms with Gasteiger partial charge in [0.05, 0.1) is 18.2 Å². The normalized spacial score (nSPS) is 25.0. The zero-order valence-corrected chi connectivity index (χ0v) is 24.2. The van der Waals surface area contributed by atoms with Crippen LogP contribution in [0, 0.1) is 35.0 Å². The topological polar surface area (TPSA) is 52.6 Å². The molecule has 4 nitrogen and oxygen atoms in total. The predicted molar refractivity (Wildman–Crippen MR) is 160 cm³/mol. The van der Waals surface area contributed by atoms with E-state index in [4.69, 9.17) is 9.47 Å². The molecule has 40 heavy (non-hydrogen) atoms. The Morgan fingerprint density at radius 2 is 1.25 bits per heavy atom. The minimum Gasteiger partial charge on any atom is -0.465 e.